The summed E-state index contributed by atoms with van der Waals surface area (Å²) in [6, 6.07) is 28.7. The van der Waals surface area contributed by atoms with Crippen molar-refractivity contribution in [1.29, 1.82) is 0 Å². The minimum Gasteiger partial charge on any atom is -0.497 e. The zero-order valence-corrected chi connectivity index (χ0v) is 33.4. The van der Waals surface area contributed by atoms with Crippen LogP contribution >= 0.6 is 6.72 Å². The van der Waals surface area contributed by atoms with Crippen LogP contribution in [0.15, 0.2) is 97.6 Å². The molecule has 5 aromatic rings. The summed E-state index contributed by atoms with van der Waals surface area (Å²) in [6.07, 6.45) is 0.749. The molecular formula is C38H46N5O6PSSi. The third kappa shape index (κ3) is 6.51. The second-order valence-electron chi connectivity index (χ2n) is 14.7. The summed E-state index contributed by atoms with van der Waals surface area (Å²) in [5.74, 6) is 1.31. The van der Waals surface area contributed by atoms with Crippen molar-refractivity contribution >= 4 is 43.8 Å². The maximum Gasteiger partial charge on any atom is 0.327 e. The Morgan fingerprint density at radius 2 is 1.44 bits per heavy atom. The number of rotatable bonds is 10. The number of nitrogens with one attached hydrogen (secondary N) is 1. The average Bonchev–Trinajstić information content (AvgIpc) is 3.72. The molecule has 2 fully saturated rings. The van der Waals surface area contributed by atoms with Gasteiger partial charge < -0.3 is 28.3 Å². The second-order valence-corrected chi connectivity index (χ2v) is 22.5. The summed E-state index contributed by atoms with van der Waals surface area (Å²) < 4.78 is 39.6. The molecule has 2 saturated heterocycles. The number of aromatic nitrogens is 4. The van der Waals surface area contributed by atoms with Crippen molar-refractivity contribution < 1.29 is 27.5 Å². The van der Waals surface area contributed by atoms with E-state index in [0.29, 0.717) is 17.0 Å². The standard InChI is InChI=1S/C38H46N5O6PSSi/c1-25-31-32(48-50(51,45-6)47-25)33(49-52(7,8)37(2,3)4)36(46-31)43-24-41-30-34(39-23-40-35(30)43)42-38(26-15-11-9-12-16-26,27-17-13-10-14-18-27)28-19-21-29(44-5)22-20-28/h9-25,31-33,36H,1-8H3,(H,39,40,42)/t25-,31?,32?,33+,36+,50?/m0/s1. The van der Waals surface area contributed by atoms with Crippen molar-refractivity contribution in [2.75, 3.05) is 19.5 Å². The Morgan fingerprint density at radius 3 is 2.02 bits per heavy atom. The first-order chi connectivity index (χ1) is 24.8. The second kappa shape index (κ2) is 14.0. The molecule has 6 atom stereocenters. The number of imidazole rings is 1. The van der Waals surface area contributed by atoms with Gasteiger partial charge in [0.15, 0.2) is 31.5 Å². The van der Waals surface area contributed by atoms with Crippen LogP contribution in [0.25, 0.3) is 11.2 Å². The van der Waals surface area contributed by atoms with Crippen LogP contribution in [0, 0.1) is 0 Å². The Hall–Kier alpha value is -3.52. The van der Waals surface area contributed by atoms with E-state index >= 15 is 0 Å². The van der Waals surface area contributed by atoms with Gasteiger partial charge in [-0.3, -0.25) is 9.09 Å². The van der Waals surface area contributed by atoms with Gasteiger partial charge in [0.05, 0.1) is 19.5 Å². The summed E-state index contributed by atoms with van der Waals surface area (Å²) in [5, 5.41) is 3.79. The first-order valence-corrected chi connectivity index (χ1v) is 22.8. The van der Waals surface area contributed by atoms with Crippen LogP contribution in [0.4, 0.5) is 5.82 Å². The number of fused-ring (bicyclic) bond motifs is 2. The molecule has 4 heterocycles. The van der Waals surface area contributed by atoms with E-state index in [1.807, 2.05) is 60.0 Å². The molecule has 0 spiro atoms. The first-order valence-electron chi connectivity index (χ1n) is 17.4. The number of anilines is 1. The number of nitrogens with zero attached hydrogens (tertiary/aromatic N) is 4. The molecule has 11 nitrogen and oxygen atoms in total. The van der Waals surface area contributed by atoms with Gasteiger partial charge in [-0.1, -0.05) is 93.6 Å². The Kier molecular flexibility index (Phi) is 9.94. The van der Waals surface area contributed by atoms with Gasteiger partial charge in [-0.25, -0.2) is 15.0 Å². The summed E-state index contributed by atoms with van der Waals surface area (Å²) in [6.45, 7) is 9.98. The van der Waals surface area contributed by atoms with E-state index in [1.165, 1.54) is 7.11 Å². The topological polar surface area (TPSA) is 111 Å². The van der Waals surface area contributed by atoms with Crippen LogP contribution in [0.5, 0.6) is 5.75 Å². The third-order valence-electron chi connectivity index (χ3n) is 10.6. The minimum absolute atomic E-state index is 0.0796. The van der Waals surface area contributed by atoms with E-state index in [0.717, 1.165) is 22.4 Å². The SMILES string of the molecule is COc1ccc(C(Nc2ncnc3c2ncn3[C@@H]2OC3C(OP(=S)(OC)O[C@H]3C)[C@H]2O[Si](C)(C)C(C)(C)C)(c2ccccc2)c2ccccc2)cc1. The van der Waals surface area contributed by atoms with Crippen LogP contribution < -0.4 is 10.1 Å². The molecule has 2 aromatic heterocycles. The van der Waals surface area contributed by atoms with Gasteiger partial charge in [0.1, 0.15) is 35.9 Å². The highest BCUT2D eigenvalue weighted by molar-refractivity contribution is 8.07. The van der Waals surface area contributed by atoms with Gasteiger partial charge >= 0.3 is 6.72 Å². The summed E-state index contributed by atoms with van der Waals surface area (Å²) in [5.41, 5.74) is 3.30. The lowest BCUT2D eigenvalue weighted by atomic mass is 9.77. The maximum atomic E-state index is 7.14. The molecule has 0 amide bonds. The van der Waals surface area contributed by atoms with Gasteiger partial charge in [0.25, 0.3) is 0 Å². The lowest BCUT2D eigenvalue weighted by molar-refractivity contribution is -0.0922. The van der Waals surface area contributed by atoms with Gasteiger partial charge in [-0.15, -0.1) is 0 Å². The number of hydrogen-bond donors (Lipinski definition) is 1. The Labute approximate surface area is 311 Å². The minimum atomic E-state index is -3.02. The highest BCUT2D eigenvalue weighted by Crippen LogP contribution is 2.59. The van der Waals surface area contributed by atoms with E-state index in [9.17, 15) is 0 Å². The van der Waals surface area contributed by atoms with E-state index in [2.05, 4.69) is 75.6 Å². The largest absolute Gasteiger partial charge is 0.497 e. The summed E-state index contributed by atoms with van der Waals surface area (Å²) >= 11 is 5.73. The number of methoxy groups -OCH3 is 1. The monoisotopic (exact) mass is 759 g/mol. The van der Waals surface area contributed by atoms with Crippen molar-refractivity contribution in [2.24, 2.45) is 0 Å². The average molecular weight is 760 g/mol. The summed E-state index contributed by atoms with van der Waals surface area (Å²) in [4.78, 5) is 14.5. The van der Waals surface area contributed by atoms with Gasteiger partial charge in [0, 0.05) is 7.11 Å². The van der Waals surface area contributed by atoms with Crippen LogP contribution in [0.2, 0.25) is 18.1 Å². The van der Waals surface area contributed by atoms with Crippen molar-refractivity contribution in [1.82, 2.24) is 19.5 Å². The van der Waals surface area contributed by atoms with Crippen LogP contribution in [-0.4, -0.2) is 66.5 Å². The van der Waals surface area contributed by atoms with Gasteiger partial charge in [-0.05, 0) is 65.7 Å². The predicted octanol–water partition coefficient (Wildman–Crippen LogP) is 8.20. The molecule has 1 N–H and O–H groups in total. The maximum absolute atomic E-state index is 7.14. The highest BCUT2D eigenvalue weighted by atomic mass is 32.5. The smallest absolute Gasteiger partial charge is 0.327 e. The van der Waals surface area contributed by atoms with E-state index < -0.39 is 45.1 Å². The molecule has 0 aliphatic carbocycles. The van der Waals surface area contributed by atoms with Crippen molar-refractivity contribution in [3.05, 3.63) is 114 Å². The molecular weight excluding hydrogens is 714 g/mol. The van der Waals surface area contributed by atoms with E-state index in [1.54, 1.807) is 19.8 Å². The zero-order valence-electron chi connectivity index (χ0n) is 30.7. The molecule has 14 heteroatoms. The highest BCUT2D eigenvalue weighted by Gasteiger charge is 2.58. The van der Waals surface area contributed by atoms with Crippen LogP contribution in [-0.2, 0) is 40.1 Å². The van der Waals surface area contributed by atoms with E-state index in [4.69, 9.17) is 54.2 Å². The fourth-order valence-corrected chi connectivity index (χ4v) is 10.1. The number of hydrogen-bond acceptors (Lipinski definition) is 11. The molecule has 2 aliphatic heterocycles. The molecule has 3 aromatic carbocycles. The molecule has 2 aliphatic rings. The zero-order chi connectivity index (χ0) is 36.9. The fourth-order valence-electron chi connectivity index (χ4n) is 6.79. The quantitative estimate of drug-likeness (QED) is 0.0845. The third-order valence-corrected chi connectivity index (χ3v) is 17.5. The first kappa shape index (κ1) is 36.8. The molecule has 274 valence electrons. The number of benzene rings is 3. The Bertz CT molecular complexity index is 2020. The van der Waals surface area contributed by atoms with Crippen LogP contribution in [0.1, 0.15) is 50.6 Å². The van der Waals surface area contributed by atoms with Crippen molar-refractivity contribution in [3.8, 4) is 5.75 Å². The Balaban J connectivity index is 1.36. The number of ether oxygens (including phenoxy) is 2. The molecule has 7 rings (SSSR count). The summed E-state index contributed by atoms with van der Waals surface area (Å²) in [7, 11) is 0.831. The Morgan fingerprint density at radius 1 is 0.827 bits per heavy atom. The normalized spacial score (nSPS) is 25.2. The molecule has 52 heavy (non-hydrogen) atoms. The lowest BCUT2D eigenvalue weighted by Gasteiger charge is -2.42. The van der Waals surface area contributed by atoms with Gasteiger partial charge in [-0.2, -0.15) is 0 Å². The van der Waals surface area contributed by atoms with Crippen molar-refractivity contribution in [3.63, 3.8) is 0 Å². The van der Waals surface area contributed by atoms with Gasteiger partial charge in [0.2, 0.25) is 0 Å². The molecule has 3 unspecified atom stereocenters. The van der Waals surface area contributed by atoms with E-state index in [-0.39, 0.29) is 11.1 Å². The van der Waals surface area contributed by atoms with Crippen LogP contribution in [0.3, 0.4) is 0 Å². The van der Waals surface area contributed by atoms with Crippen molar-refractivity contribution in [2.45, 2.75) is 82.0 Å². The fraction of sp³-hybridized carbons (Fsp3) is 0.395. The lowest BCUT2D eigenvalue weighted by Crippen LogP contribution is -2.51. The molecule has 0 saturated carbocycles. The predicted molar refractivity (Wildman–Crippen MR) is 207 cm³/mol. The molecule has 0 bridgehead atoms. The molecule has 0 radical (unpaired) electrons.